The predicted octanol–water partition coefficient (Wildman–Crippen LogP) is 4.62. The van der Waals surface area contributed by atoms with Gasteiger partial charge in [0.2, 0.25) is 21.8 Å². The van der Waals surface area contributed by atoms with Crippen LogP contribution in [0, 0.1) is 0 Å². The molecule has 1 N–H and O–H groups in total. The number of rotatable bonds is 9. The van der Waals surface area contributed by atoms with Gasteiger partial charge in [0.1, 0.15) is 12.6 Å². The van der Waals surface area contributed by atoms with E-state index in [0.29, 0.717) is 17.0 Å². The average molecular weight is 555 g/mol. The molecule has 0 aliphatic rings. The molecule has 0 saturated heterocycles. The molecule has 7 nitrogen and oxygen atoms in total. The van der Waals surface area contributed by atoms with Crippen LogP contribution in [0.2, 0.25) is 20.1 Å². The molecule has 0 aliphatic carbocycles. The van der Waals surface area contributed by atoms with Crippen LogP contribution < -0.4 is 9.62 Å². The second kappa shape index (κ2) is 11.6. The number of carbonyl (C=O) groups is 2. The van der Waals surface area contributed by atoms with E-state index in [1.807, 2.05) is 0 Å². The summed E-state index contributed by atoms with van der Waals surface area (Å²) in [4.78, 5) is 27.3. The second-order valence-corrected chi connectivity index (χ2v) is 10.7. The van der Waals surface area contributed by atoms with Gasteiger partial charge in [0.15, 0.2) is 0 Å². The molecule has 2 amide bonds. The quantitative estimate of drug-likeness (QED) is 0.458. The SMILES string of the molecule is CCC(C(=O)NC)N(Cc1ccc(Cl)cc1)C(=O)CN(c1cc(Cl)c(Cl)cc1Cl)S(C)(=O)=O. The molecule has 0 radical (unpaired) electrons. The number of amides is 2. The number of anilines is 1. The Morgan fingerprint density at radius 2 is 1.58 bits per heavy atom. The van der Waals surface area contributed by atoms with Gasteiger partial charge in [0.05, 0.1) is 27.0 Å². The van der Waals surface area contributed by atoms with Crippen LogP contribution in [0.3, 0.4) is 0 Å². The van der Waals surface area contributed by atoms with Crippen LogP contribution in [0.5, 0.6) is 0 Å². The molecule has 1 unspecified atom stereocenters. The Morgan fingerprint density at radius 3 is 2.09 bits per heavy atom. The Balaban J connectivity index is 2.49. The fourth-order valence-electron chi connectivity index (χ4n) is 3.17. The molecule has 1 atom stereocenters. The summed E-state index contributed by atoms with van der Waals surface area (Å²) in [5.41, 5.74) is 0.718. The van der Waals surface area contributed by atoms with E-state index in [-0.39, 0.29) is 33.2 Å². The van der Waals surface area contributed by atoms with E-state index in [1.165, 1.54) is 24.1 Å². The van der Waals surface area contributed by atoms with E-state index in [1.54, 1.807) is 31.2 Å². The third kappa shape index (κ3) is 7.13. The molecule has 0 fully saturated rings. The minimum atomic E-state index is -3.95. The topological polar surface area (TPSA) is 86.8 Å². The summed E-state index contributed by atoms with van der Waals surface area (Å²) < 4.78 is 26.0. The van der Waals surface area contributed by atoms with Crippen molar-refractivity contribution in [3.8, 4) is 0 Å². The molecular weight excluding hydrogens is 532 g/mol. The molecule has 12 heteroatoms. The van der Waals surface area contributed by atoms with Crippen LogP contribution in [0.1, 0.15) is 18.9 Å². The summed E-state index contributed by atoms with van der Waals surface area (Å²) in [5, 5.41) is 3.29. The summed E-state index contributed by atoms with van der Waals surface area (Å²) in [6.07, 6.45) is 1.25. The number of sulfonamides is 1. The highest BCUT2D eigenvalue weighted by Gasteiger charge is 2.32. The molecule has 2 rings (SSSR count). The van der Waals surface area contributed by atoms with E-state index >= 15 is 0 Å². The molecule has 0 heterocycles. The van der Waals surface area contributed by atoms with Gasteiger partial charge in [-0.2, -0.15) is 0 Å². The van der Waals surface area contributed by atoms with Crippen molar-refractivity contribution in [2.24, 2.45) is 0 Å². The summed E-state index contributed by atoms with van der Waals surface area (Å²) >= 11 is 24.2. The van der Waals surface area contributed by atoms with Gasteiger partial charge in [-0.15, -0.1) is 0 Å². The van der Waals surface area contributed by atoms with Crippen LogP contribution in [0.25, 0.3) is 0 Å². The summed E-state index contributed by atoms with van der Waals surface area (Å²) in [6.45, 7) is 1.22. The normalized spacial score (nSPS) is 12.2. The molecule has 0 saturated carbocycles. The summed E-state index contributed by atoms with van der Waals surface area (Å²) in [7, 11) is -2.49. The maximum atomic E-state index is 13.4. The van der Waals surface area contributed by atoms with Gasteiger partial charge in [-0.05, 0) is 36.2 Å². The van der Waals surface area contributed by atoms with Crippen molar-refractivity contribution < 1.29 is 18.0 Å². The number of halogens is 4. The maximum Gasteiger partial charge on any atom is 0.244 e. The molecule has 0 aliphatic heterocycles. The zero-order valence-corrected chi connectivity index (χ0v) is 22.0. The van der Waals surface area contributed by atoms with E-state index < -0.39 is 28.5 Å². The van der Waals surface area contributed by atoms with Crippen LogP contribution in [0.15, 0.2) is 36.4 Å². The first-order valence-electron chi connectivity index (χ1n) is 9.76. The molecule has 2 aromatic carbocycles. The number of benzene rings is 2. The Bertz CT molecular complexity index is 1130. The minimum absolute atomic E-state index is 0.00125. The van der Waals surface area contributed by atoms with Gasteiger partial charge in [-0.1, -0.05) is 65.5 Å². The molecular formula is C21H23Cl4N3O4S. The van der Waals surface area contributed by atoms with E-state index in [2.05, 4.69) is 5.32 Å². The molecule has 0 bridgehead atoms. The largest absolute Gasteiger partial charge is 0.357 e. The maximum absolute atomic E-state index is 13.4. The highest BCUT2D eigenvalue weighted by atomic mass is 35.5. The Morgan fingerprint density at radius 1 is 1.00 bits per heavy atom. The van der Waals surface area contributed by atoms with Crippen molar-refractivity contribution in [3.05, 3.63) is 62.1 Å². The zero-order chi connectivity index (χ0) is 24.9. The highest BCUT2D eigenvalue weighted by Crippen LogP contribution is 2.35. The third-order valence-electron chi connectivity index (χ3n) is 4.84. The first-order chi connectivity index (χ1) is 15.4. The van der Waals surface area contributed by atoms with Crippen LogP contribution in [-0.4, -0.2) is 51.0 Å². The van der Waals surface area contributed by atoms with Crippen LogP contribution >= 0.6 is 46.4 Å². The van der Waals surface area contributed by atoms with Crippen molar-refractivity contribution in [2.75, 3.05) is 24.2 Å². The molecule has 0 spiro atoms. The predicted molar refractivity (Wildman–Crippen MR) is 134 cm³/mol. The van der Waals surface area contributed by atoms with Gasteiger partial charge < -0.3 is 10.2 Å². The van der Waals surface area contributed by atoms with E-state index in [9.17, 15) is 18.0 Å². The lowest BCUT2D eigenvalue weighted by molar-refractivity contribution is -0.140. The summed E-state index contributed by atoms with van der Waals surface area (Å²) in [5.74, 6) is -0.980. The lowest BCUT2D eigenvalue weighted by atomic mass is 10.1. The van der Waals surface area contributed by atoms with E-state index in [4.69, 9.17) is 46.4 Å². The fourth-order valence-corrected chi connectivity index (χ4v) is 4.84. The Hall–Kier alpha value is -1.71. The standard InChI is InChI=1S/C21H23Cl4N3O4S/c1-4-18(21(30)26-2)27(11-13-5-7-14(22)8-6-13)20(29)12-28(33(3,31)32)19-10-16(24)15(23)9-17(19)25/h5-10,18H,4,11-12H2,1-3H3,(H,26,30). The van der Waals surface area contributed by atoms with Gasteiger partial charge in [0, 0.05) is 18.6 Å². The summed E-state index contributed by atoms with van der Waals surface area (Å²) in [6, 6.07) is 8.53. The van der Waals surface area contributed by atoms with E-state index in [0.717, 1.165) is 10.6 Å². The Labute approximate surface area is 213 Å². The van der Waals surface area contributed by atoms with Crippen LogP contribution in [0.4, 0.5) is 5.69 Å². The third-order valence-corrected chi connectivity index (χ3v) is 7.24. The first kappa shape index (κ1) is 27.5. The number of hydrogen-bond donors (Lipinski definition) is 1. The molecule has 180 valence electrons. The van der Waals surface area contributed by atoms with Crippen molar-refractivity contribution in [1.82, 2.24) is 10.2 Å². The van der Waals surface area contributed by atoms with Gasteiger partial charge in [-0.25, -0.2) is 8.42 Å². The van der Waals surface area contributed by atoms with Crippen molar-refractivity contribution >= 4 is 73.9 Å². The Kier molecular flexibility index (Phi) is 9.70. The minimum Gasteiger partial charge on any atom is -0.357 e. The number of likely N-dealkylation sites (N-methyl/N-ethyl adjacent to an activating group) is 1. The number of carbonyl (C=O) groups excluding carboxylic acids is 2. The highest BCUT2D eigenvalue weighted by molar-refractivity contribution is 7.92. The number of nitrogens with zero attached hydrogens (tertiary/aromatic N) is 2. The molecule has 0 aromatic heterocycles. The molecule has 33 heavy (non-hydrogen) atoms. The lowest BCUT2D eigenvalue weighted by Crippen LogP contribution is -2.51. The fraction of sp³-hybridized carbons (Fsp3) is 0.333. The van der Waals surface area contributed by atoms with Crippen molar-refractivity contribution in [3.63, 3.8) is 0 Å². The van der Waals surface area contributed by atoms with Gasteiger partial charge in [-0.3, -0.25) is 13.9 Å². The monoisotopic (exact) mass is 553 g/mol. The number of hydrogen-bond acceptors (Lipinski definition) is 4. The van der Waals surface area contributed by atoms with Crippen molar-refractivity contribution in [2.45, 2.75) is 25.9 Å². The van der Waals surface area contributed by atoms with Crippen LogP contribution in [-0.2, 0) is 26.2 Å². The smallest absolute Gasteiger partial charge is 0.244 e. The lowest BCUT2D eigenvalue weighted by Gasteiger charge is -2.32. The van der Waals surface area contributed by atoms with Crippen molar-refractivity contribution in [1.29, 1.82) is 0 Å². The second-order valence-electron chi connectivity index (χ2n) is 7.17. The van der Waals surface area contributed by atoms with Gasteiger partial charge in [0.25, 0.3) is 0 Å². The zero-order valence-electron chi connectivity index (χ0n) is 18.1. The molecule has 2 aromatic rings. The van der Waals surface area contributed by atoms with Gasteiger partial charge >= 0.3 is 0 Å². The first-order valence-corrected chi connectivity index (χ1v) is 13.1. The average Bonchev–Trinajstić information content (AvgIpc) is 2.74. The number of nitrogens with one attached hydrogen (secondary N) is 1.